The summed E-state index contributed by atoms with van der Waals surface area (Å²) >= 11 is 1.80. The molecule has 0 atom stereocenters. The molecule has 6 aromatic carbocycles. The monoisotopic (exact) mass is 996 g/mol. The van der Waals surface area contributed by atoms with Crippen LogP contribution in [0.1, 0.15) is 26.7 Å². The van der Waals surface area contributed by atoms with Gasteiger partial charge in [0.15, 0.2) is 0 Å². The molecule has 0 aliphatic carbocycles. The van der Waals surface area contributed by atoms with Crippen LogP contribution >= 0.6 is 11.3 Å². The van der Waals surface area contributed by atoms with E-state index >= 15 is 0 Å². The molecule has 0 bridgehead atoms. The van der Waals surface area contributed by atoms with E-state index < -0.39 is 14.0 Å². The zero-order chi connectivity index (χ0) is 41.3. The second-order valence-corrected chi connectivity index (χ2v) is 22.2. The average Bonchev–Trinajstić information content (AvgIpc) is 3.93. The van der Waals surface area contributed by atoms with E-state index in [4.69, 9.17) is 15.8 Å². The quantitative estimate of drug-likeness (QED) is 0.127. The first-order valence-electron chi connectivity index (χ1n) is 20.1. The molecule has 5 aromatic heterocycles. The third kappa shape index (κ3) is 7.05. The molecule has 0 spiro atoms. The first kappa shape index (κ1) is 38.4. The molecular formula is C51H39FIrN4OSSi-2. The molecular weight excluding hydrogens is 956 g/mol. The third-order valence-corrected chi connectivity index (χ3v) is 14.0. The smallest absolute Gasteiger partial charge is 0.216 e. The van der Waals surface area contributed by atoms with Crippen LogP contribution in [0, 0.1) is 17.9 Å². The van der Waals surface area contributed by atoms with Gasteiger partial charge in [0, 0.05) is 64.3 Å². The van der Waals surface area contributed by atoms with Gasteiger partial charge in [-0.25, -0.2) is 9.37 Å². The summed E-state index contributed by atoms with van der Waals surface area (Å²) in [6.07, 6.45) is 1.98. The van der Waals surface area contributed by atoms with Crippen LogP contribution in [-0.4, -0.2) is 27.6 Å². The number of fused-ring (bicyclic) bond motifs is 8. The molecule has 0 aliphatic rings. The van der Waals surface area contributed by atoms with Gasteiger partial charge < -0.3 is 14.0 Å². The summed E-state index contributed by atoms with van der Waals surface area (Å²) in [5, 5.41) is 6.19. The van der Waals surface area contributed by atoms with Crippen LogP contribution in [0.4, 0.5) is 4.39 Å². The van der Waals surface area contributed by atoms with Crippen LogP contribution in [0.3, 0.4) is 0 Å². The fourth-order valence-corrected chi connectivity index (χ4v) is 10.6. The zero-order valence-corrected chi connectivity index (χ0v) is 37.8. The standard InChI is InChI=1S/C34H17FN3OS.C17H22NSi.Ir/c35-20-12-14-27-19(16-20)17-26-23-7-5-8-24(32(23)39-34(26)37-27)33-36-28-9-2-3-10-29(28)38(33)21-13-15-31-25(18-21)22-6-1-4-11-30(22)40-31;1-13(2)15-11-16(14-9-7-6-8-10-14)18-12-17(15)19(3,4)5;/h1-7,9-18H;6-9,11-13H,1-5H3;/q2*-1;/i;13D;. The van der Waals surface area contributed by atoms with Gasteiger partial charge in [0.2, 0.25) is 5.71 Å². The summed E-state index contributed by atoms with van der Waals surface area (Å²) < 4.78 is 33.5. The first-order chi connectivity index (χ1) is 28.9. The summed E-state index contributed by atoms with van der Waals surface area (Å²) in [6, 6.07) is 50.2. The number of furan rings is 1. The maximum Gasteiger partial charge on any atom is 0.216 e. The van der Waals surface area contributed by atoms with Crippen molar-refractivity contribution < 1.29 is 30.3 Å². The zero-order valence-electron chi connectivity index (χ0n) is 34.6. The van der Waals surface area contributed by atoms with Crippen molar-refractivity contribution in [2.75, 3.05) is 0 Å². The van der Waals surface area contributed by atoms with E-state index in [9.17, 15) is 4.39 Å². The van der Waals surface area contributed by atoms with Crippen LogP contribution in [0.2, 0.25) is 19.6 Å². The second-order valence-electron chi connectivity index (χ2n) is 16.1. The van der Waals surface area contributed by atoms with Gasteiger partial charge >= 0.3 is 0 Å². The molecule has 0 unspecified atom stereocenters. The Balaban J connectivity index is 0.000000193. The van der Waals surface area contributed by atoms with Crippen molar-refractivity contribution in [2.45, 2.75) is 39.4 Å². The Labute approximate surface area is 367 Å². The molecule has 11 aromatic rings. The topological polar surface area (TPSA) is 56.7 Å². The van der Waals surface area contributed by atoms with E-state index in [2.05, 4.69) is 95.9 Å². The van der Waals surface area contributed by atoms with E-state index in [1.165, 1.54) is 37.5 Å². The Morgan fingerprint density at radius 2 is 1.55 bits per heavy atom. The number of rotatable bonds is 5. The summed E-state index contributed by atoms with van der Waals surface area (Å²) in [5.41, 5.74) is 8.47. The van der Waals surface area contributed by atoms with Crippen LogP contribution in [0.15, 0.2) is 144 Å². The van der Waals surface area contributed by atoms with Crippen molar-refractivity contribution in [3.05, 3.63) is 163 Å². The molecule has 1 radical (unpaired) electrons. The predicted molar refractivity (Wildman–Crippen MR) is 246 cm³/mol. The Kier molecular flexibility index (Phi) is 10.0. The van der Waals surface area contributed by atoms with E-state index in [1.807, 2.05) is 80.7 Å². The van der Waals surface area contributed by atoms with Gasteiger partial charge in [-0.3, -0.25) is 4.98 Å². The third-order valence-electron chi connectivity index (χ3n) is 10.8. The number of hydrogen-bond donors (Lipinski definition) is 0. The number of pyridine rings is 2. The molecule has 0 fully saturated rings. The summed E-state index contributed by atoms with van der Waals surface area (Å²) in [5.74, 6) is -0.165. The van der Waals surface area contributed by atoms with Crippen LogP contribution in [-0.2, 0) is 20.1 Å². The predicted octanol–water partition coefficient (Wildman–Crippen LogP) is 13.7. The van der Waals surface area contributed by atoms with Crippen LogP contribution < -0.4 is 5.19 Å². The number of para-hydroxylation sites is 2. The van der Waals surface area contributed by atoms with E-state index in [-0.39, 0.29) is 25.9 Å². The number of imidazole rings is 1. The van der Waals surface area contributed by atoms with Gasteiger partial charge in [0.05, 0.1) is 36.0 Å². The summed E-state index contributed by atoms with van der Waals surface area (Å²) in [6.45, 7) is 10.8. The fourth-order valence-electron chi connectivity index (χ4n) is 7.94. The average molecular weight is 996 g/mol. The Hall–Kier alpha value is -5.83. The molecule has 0 amide bonds. The molecule has 9 heteroatoms. The summed E-state index contributed by atoms with van der Waals surface area (Å²) in [4.78, 5) is 14.4. The van der Waals surface area contributed by atoms with Crippen molar-refractivity contribution in [2.24, 2.45) is 0 Å². The van der Waals surface area contributed by atoms with Gasteiger partial charge in [-0.2, -0.15) is 0 Å². The number of thiophene rings is 1. The molecule has 0 saturated heterocycles. The Morgan fingerprint density at radius 1 is 0.750 bits per heavy atom. The van der Waals surface area contributed by atoms with Crippen LogP contribution in [0.5, 0.6) is 0 Å². The number of nitrogens with zero attached hydrogens (tertiary/aromatic N) is 4. The molecule has 11 rings (SSSR count). The minimum Gasteiger partial charge on any atom is -0.486 e. The van der Waals surface area contributed by atoms with E-state index in [0.29, 0.717) is 16.8 Å². The molecule has 0 N–H and O–H groups in total. The summed E-state index contributed by atoms with van der Waals surface area (Å²) in [7, 11) is -1.50. The molecule has 60 heavy (non-hydrogen) atoms. The maximum absolute atomic E-state index is 14.0. The number of hydrogen-bond acceptors (Lipinski definition) is 5. The van der Waals surface area contributed by atoms with Gasteiger partial charge in [0.25, 0.3) is 0 Å². The fraction of sp³-hybridized carbons (Fsp3) is 0.118. The first-order valence-corrected chi connectivity index (χ1v) is 23.9. The molecule has 0 saturated carbocycles. The SMILES string of the molecule is Fc1ccc2nc3oc4c(-c5nc6ccccc6n5-c5ccc6sc7ccccc7c6c5)[c-]ccc4c3cc2c1.[2H]C(C)(C)c1cc(-c2[c-]cccc2)ncc1[Si](C)(C)C.[Ir]. The van der Waals surface area contributed by atoms with E-state index in [0.717, 1.165) is 61.1 Å². The second kappa shape index (κ2) is 15.6. The van der Waals surface area contributed by atoms with Crippen molar-refractivity contribution in [3.8, 4) is 28.3 Å². The Bertz CT molecular complexity index is 3440. The molecule has 297 valence electrons. The van der Waals surface area contributed by atoms with Gasteiger partial charge in [-0.05, 0) is 77.4 Å². The number of aromatic nitrogens is 4. The van der Waals surface area contributed by atoms with Gasteiger partial charge in [-0.15, -0.1) is 65.4 Å². The maximum atomic E-state index is 14.0. The normalized spacial score (nSPS) is 12.3. The van der Waals surface area contributed by atoms with Crippen molar-refractivity contribution in [3.63, 3.8) is 0 Å². The Morgan fingerprint density at radius 3 is 2.37 bits per heavy atom. The largest absolute Gasteiger partial charge is 0.486 e. The van der Waals surface area contributed by atoms with Crippen molar-refractivity contribution >= 4 is 88.8 Å². The van der Waals surface area contributed by atoms with Gasteiger partial charge in [0.1, 0.15) is 5.82 Å². The van der Waals surface area contributed by atoms with Crippen molar-refractivity contribution in [1.29, 1.82) is 0 Å². The minimum absolute atomic E-state index is 0. The number of halogens is 1. The minimum atomic E-state index is -1.50. The molecule has 0 aliphatic heterocycles. The van der Waals surface area contributed by atoms with Crippen molar-refractivity contribution in [1.82, 2.24) is 19.5 Å². The van der Waals surface area contributed by atoms with E-state index in [1.54, 1.807) is 17.4 Å². The molecule has 5 heterocycles. The van der Waals surface area contributed by atoms with Crippen LogP contribution in [0.25, 0.3) is 92.5 Å². The van der Waals surface area contributed by atoms with Gasteiger partial charge in [-0.1, -0.05) is 86.4 Å². The number of benzene rings is 6. The molecule has 5 nitrogen and oxygen atoms in total.